The summed E-state index contributed by atoms with van der Waals surface area (Å²) >= 11 is 5.68. The molecule has 0 atom stereocenters. The summed E-state index contributed by atoms with van der Waals surface area (Å²) in [4.78, 5) is 0. The zero-order valence-electron chi connectivity index (χ0n) is 7.61. The number of rotatable bonds is 1. The molecule has 5 heteroatoms. The quantitative estimate of drug-likeness (QED) is 0.808. The molecule has 0 saturated heterocycles. The van der Waals surface area contributed by atoms with Crippen LogP contribution < -0.4 is 5.73 Å². The van der Waals surface area contributed by atoms with Crippen molar-refractivity contribution in [3.63, 3.8) is 0 Å². The highest BCUT2D eigenvalue weighted by atomic mass is 35.5. The monoisotopic (exact) mass is 223 g/mol. The van der Waals surface area contributed by atoms with Gasteiger partial charge in [0.15, 0.2) is 11.0 Å². The van der Waals surface area contributed by atoms with E-state index in [0.29, 0.717) is 11.1 Å². The van der Waals surface area contributed by atoms with Crippen LogP contribution in [0, 0.1) is 5.82 Å². The molecule has 1 aromatic heterocycles. The van der Waals surface area contributed by atoms with Gasteiger partial charge in [-0.25, -0.2) is 4.39 Å². The molecule has 0 amide bonds. The Kier molecular flexibility index (Phi) is 2.51. The summed E-state index contributed by atoms with van der Waals surface area (Å²) in [6, 6.07) is 7.60. The van der Waals surface area contributed by atoms with Gasteiger partial charge in [0.2, 0.25) is 0 Å². The fourth-order valence-electron chi connectivity index (χ4n) is 1.26. The summed E-state index contributed by atoms with van der Waals surface area (Å²) in [5, 5.41) is 7.47. The SMILES string of the molecule is Nc1nnc(Cl)cc1-c1cccc(F)c1. The first-order chi connectivity index (χ1) is 7.16. The molecule has 0 unspecified atom stereocenters. The van der Waals surface area contributed by atoms with E-state index in [1.807, 2.05) is 0 Å². The van der Waals surface area contributed by atoms with Crippen molar-refractivity contribution >= 4 is 17.4 Å². The Morgan fingerprint density at radius 2 is 2.00 bits per heavy atom. The Hall–Kier alpha value is -1.68. The summed E-state index contributed by atoms with van der Waals surface area (Å²) in [7, 11) is 0. The standard InChI is InChI=1S/C10H7ClFN3/c11-9-5-8(10(13)15-14-9)6-2-1-3-7(12)4-6/h1-5H,(H2,13,15). The van der Waals surface area contributed by atoms with Gasteiger partial charge >= 0.3 is 0 Å². The molecular weight excluding hydrogens is 217 g/mol. The van der Waals surface area contributed by atoms with Crippen LogP contribution in [0.2, 0.25) is 5.15 Å². The van der Waals surface area contributed by atoms with E-state index in [-0.39, 0.29) is 16.8 Å². The van der Waals surface area contributed by atoms with Gasteiger partial charge in [-0.15, -0.1) is 10.2 Å². The lowest BCUT2D eigenvalue weighted by Gasteiger charge is -2.04. The molecular formula is C10H7ClFN3. The van der Waals surface area contributed by atoms with Gasteiger partial charge < -0.3 is 5.73 Å². The third-order valence-electron chi connectivity index (χ3n) is 1.93. The molecule has 3 nitrogen and oxygen atoms in total. The van der Waals surface area contributed by atoms with E-state index in [4.69, 9.17) is 17.3 Å². The van der Waals surface area contributed by atoms with E-state index in [1.165, 1.54) is 12.1 Å². The topological polar surface area (TPSA) is 51.8 Å². The molecule has 0 saturated carbocycles. The number of aromatic nitrogens is 2. The van der Waals surface area contributed by atoms with Gasteiger partial charge in [0.1, 0.15) is 5.82 Å². The van der Waals surface area contributed by atoms with E-state index in [9.17, 15) is 4.39 Å². The number of nitrogens with zero attached hydrogens (tertiary/aromatic N) is 2. The molecule has 2 rings (SSSR count). The van der Waals surface area contributed by atoms with Crippen molar-refractivity contribution in [3.05, 3.63) is 41.3 Å². The second-order valence-electron chi connectivity index (χ2n) is 2.98. The second kappa shape index (κ2) is 3.82. The van der Waals surface area contributed by atoms with Crippen LogP contribution in [0.5, 0.6) is 0 Å². The normalized spacial score (nSPS) is 10.3. The largest absolute Gasteiger partial charge is 0.382 e. The van der Waals surface area contributed by atoms with Crippen LogP contribution in [-0.2, 0) is 0 Å². The maximum absolute atomic E-state index is 13.0. The summed E-state index contributed by atoms with van der Waals surface area (Å²) in [5.74, 6) is -0.107. The van der Waals surface area contributed by atoms with Crippen molar-refractivity contribution in [1.29, 1.82) is 0 Å². The smallest absolute Gasteiger partial charge is 0.154 e. The van der Waals surface area contributed by atoms with E-state index < -0.39 is 0 Å². The van der Waals surface area contributed by atoms with Crippen LogP contribution in [0.15, 0.2) is 30.3 Å². The molecule has 2 aromatic rings. The second-order valence-corrected chi connectivity index (χ2v) is 3.36. The van der Waals surface area contributed by atoms with Crippen molar-refractivity contribution in [3.8, 4) is 11.1 Å². The van der Waals surface area contributed by atoms with Gasteiger partial charge in [0, 0.05) is 5.56 Å². The Morgan fingerprint density at radius 1 is 1.20 bits per heavy atom. The van der Waals surface area contributed by atoms with Crippen molar-refractivity contribution in [2.24, 2.45) is 0 Å². The lowest BCUT2D eigenvalue weighted by atomic mass is 10.1. The molecule has 0 bridgehead atoms. The van der Waals surface area contributed by atoms with E-state index in [1.54, 1.807) is 18.2 Å². The van der Waals surface area contributed by atoms with E-state index in [0.717, 1.165) is 0 Å². The first kappa shape index (κ1) is 9.86. The number of nitrogen functional groups attached to an aromatic ring is 1. The molecule has 0 aliphatic rings. The van der Waals surface area contributed by atoms with E-state index in [2.05, 4.69) is 10.2 Å². The van der Waals surface area contributed by atoms with Crippen LogP contribution in [-0.4, -0.2) is 10.2 Å². The van der Waals surface area contributed by atoms with Crippen molar-refractivity contribution in [2.75, 3.05) is 5.73 Å². The van der Waals surface area contributed by atoms with Crippen LogP contribution >= 0.6 is 11.6 Å². The van der Waals surface area contributed by atoms with Gasteiger partial charge in [-0.2, -0.15) is 0 Å². The Labute approximate surface area is 90.7 Å². The van der Waals surface area contributed by atoms with E-state index >= 15 is 0 Å². The fraction of sp³-hybridized carbons (Fsp3) is 0. The highest BCUT2D eigenvalue weighted by molar-refractivity contribution is 6.29. The Balaban J connectivity index is 2.58. The van der Waals surface area contributed by atoms with Crippen LogP contribution in [0.3, 0.4) is 0 Å². The molecule has 15 heavy (non-hydrogen) atoms. The highest BCUT2D eigenvalue weighted by Crippen LogP contribution is 2.25. The van der Waals surface area contributed by atoms with Gasteiger partial charge in [0.25, 0.3) is 0 Å². The minimum atomic E-state index is -0.333. The maximum Gasteiger partial charge on any atom is 0.154 e. The number of anilines is 1. The minimum Gasteiger partial charge on any atom is -0.382 e. The Morgan fingerprint density at radius 3 is 2.73 bits per heavy atom. The third-order valence-corrected chi connectivity index (χ3v) is 2.11. The highest BCUT2D eigenvalue weighted by Gasteiger charge is 2.06. The van der Waals surface area contributed by atoms with Crippen LogP contribution in [0.1, 0.15) is 0 Å². The number of nitrogens with two attached hydrogens (primary N) is 1. The molecule has 0 aliphatic heterocycles. The lowest BCUT2D eigenvalue weighted by molar-refractivity contribution is 0.628. The molecule has 0 fully saturated rings. The summed E-state index contributed by atoms with van der Waals surface area (Å²) < 4.78 is 13.0. The number of halogens is 2. The van der Waals surface area contributed by atoms with Gasteiger partial charge in [-0.3, -0.25) is 0 Å². The zero-order chi connectivity index (χ0) is 10.8. The first-order valence-corrected chi connectivity index (χ1v) is 4.59. The van der Waals surface area contributed by atoms with Gasteiger partial charge in [-0.1, -0.05) is 23.7 Å². The molecule has 76 valence electrons. The third kappa shape index (κ3) is 2.05. The van der Waals surface area contributed by atoms with Crippen LogP contribution in [0.4, 0.5) is 10.2 Å². The number of benzene rings is 1. The van der Waals surface area contributed by atoms with Gasteiger partial charge in [-0.05, 0) is 23.8 Å². The zero-order valence-corrected chi connectivity index (χ0v) is 8.37. The molecule has 1 heterocycles. The van der Waals surface area contributed by atoms with Crippen molar-refractivity contribution in [1.82, 2.24) is 10.2 Å². The average Bonchev–Trinajstić information content (AvgIpc) is 2.22. The lowest BCUT2D eigenvalue weighted by Crippen LogP contribution is -1.96. The average molecular weight is 224 g/mol. The van der Waals surface area contributed by atoms with Gasteiger partial charge in [0.05, 0.1) is 0 Å². The summed E-state index contributed by atoms with van der Waals surface area (Å²) in [6.45, 7) is 0. The molecule has 0 radical (unpaired) electrons. The van der Waals surface area contributed by atoms with Crippen LogP contribution in [0.25, 0.3) is 11.1 Å². The molecule has 0 spiro atoms. The molecule has 0 aliphatic carbocycles. The molecule has 1 aromatic carbocycles. The molecule has 2 N–H and O–H groups in total. The predicted molar refractivity (Wildman–Crippen MR) is 56.8 cm³/mol. The first-order valence-electron chi connectivity index (χ1n) is 4.21. The number of hydrogen-bond acceptors (Lipinski definition) is 3. The van der Waals surface area contributed by atoms with Crippen molar-refractivity contribution in [2.45, 2.75) is 0 Å². The predicted octanol–water partition coefficient (Wildman–Crippen LogP) is 2.52. The summed E-state index contributed by atoms with van der Waals surface area (Å²) in [6.07, 6.45) is 0. The summed E-state index contributed by atoms with van der Waals surface area (Å²) in [5.41, 5.74) is 6.82. The number of hydrogen-bond donors (Lipinski definition) is 1. The van der Waals surface area contributed by atoms with Crippen molar-refractivity contribution < 1.29 is 4.39 Å². The maximum atomic E-state index is 13.0. The minimum absolute atomic E-state index is 0.225. The fourth-order valence-corrected chi connectivity index (χ4v) is 1.41. The Bertz CT molecular complexity index is 502.